The minimum Gasteiger partial charge on any atom is -0.369 e. The van der Waals surface area contributed by atoms with Crippen LogP contribution in [-0.4, -0.2) is 19.9 Å². The third-order valence-electron chi connectivity index (χ3n) is 1.32. The van der Waals surface area contributed by atoms with Crippen molar-refractivity contribution >= 4 is 29.3 Å². The number of H-pyrrole nitrogens is 2. The van der Waals surface area contributed by atoms with Crippen LogP contribution in [0.25, 0.3) is 11.2 Å². The van der Waals surface area contributed by atoms with Gasteiger partial charge in [-0.2, -0.15) is 0 Å². The molecule has 12 heavy (non-hydrogen) atoms. The van der Waals surface area contributed by atoms with E-state index in [-0.39, 0.29) is 27.0 Å². The number of rotatable bonds is 0. The van der Waals surface area contributed by atoms with Crippen molar-refractivity contribution in [3.05, 3.63) is 11.0 Å². The molecule has 4 N–H and O–H groups in total. The molecule has 0 saturated carbocycles. The number of nitrogens with one attached hydrogen (secondary N) is 2. The molecule has 2 rings (SSSR count). The summed E-state index contributed by atoms with van der Waals surface area (Å²) < 4.78 is 0.439. The van der Waals surface area contributed by atoms with Gasteiger partial charge < -0.3 is 15.7 Å². The Labute approximate surface area is 87.1 Å². The molecule has 66 valence electrons. The van der Waals surface area contributed by atoms with Gasteiger partial charge in [-0.05, 0) is 0 Å². The summed E-state index contributed by atoms with van der Waals surface area (Å²) in [5, 5.41) is 0. The molecule has 0 fully saturated rings. The molecule has 0 bridgehead atoms. The number of imidazole rings is 1. The van der Waals surface area contributed by atoms with Crippen LogP contribution in [0.1, 0.15) is 0 Å². The van der Waals surface area contributed by atoms with E-state index >= 15 is 0 Å². The Morgan fingerprint density at radius 1 is 1.50 bits per heavy atom. The zero-order chi connectivity index (χ0) is 7.84. The molecule has 0 aliphatic heterocycles. The molecule has 2 aromatic rings. The van der Waals surface area contributed by atoms with E-state index in [1.807, 2.05) is 0 Å². The fraction of sp³-hybridized carbons (Fsp3) is 0. The number of aromatic amines is 2. The minimum absolute atomic E-state index is 0. The van der Waals surface area contributed by atoms with Crippen molar-refractivity contribution in [1.82, 2.24) is 19.9 Å². The van der Waals surface area contributed by atoms with Gasteiger partial charge in [-0.1, -0.05) is 12.2 Å². The zero-order valence-electron chi connectivity index (χ0n) is 5.77. The summed E-state index contributed by atoms with van der Waals surface area (Å²) >= 11 is 4.91. The molecule has 7 heteroatoms. The largest absolute Gasteiger partial charge is 0.369 e. The van der Waals surface area contributed by atoms with Gasteiger partial charge in [0.2, 0.25) is 5.95 Å². The smallest absolute Gasteiger partial charge is 0.200 e. The summed E-state index contributed by atoms with van der Waals surface area (Å²) in [6.45, 7) is 0. The van der Waals surface area contributed by atoms with Gasteiger partial charge in [0, 0.05) is 21.1 Å². The van der Waals surface area contributed by atoms with Gasteiger partial charge in [0.15, 0.2) is 10.3 Å². The normalized spacial score (nSPS) is 9.67. The molecular formula is C5H5N5PtS. The van der Waals surface area contributed by atoms with Crippen LogP contribution >= 0.6 is 12.2 Å². The van der Waals surface area contributed by atoms with Gasteiger partial charge in [-0.3, -0.25) is 0 Å². The summed E-state index contributed by atoms with van der Waals surface area (Å²) in [6.07, 6.45) is 1.54. The third kappa shape index (κ3) is 1.40. The Kier molecular flexibility index (Phi) is 2.59. The maximum Gasteiger partial charge on any atom is 0.200 e. The van der Waals surface area contributed by atoms with E-state index in [0.717, 1.165) is 0 Å². The number of hydrogen-bond acceptors (Lipinski definition) is 4. The Morgan fingerprint density at radius 3 is 3.00 bits per heavy atom. The second kappa shape index (κ2) is 3.33. The maximum absolute atomic E-state index is 5.40. The maximum atomic E-state index is 5.40. The molecule has 2 aromatic heterocycles. The van der Waals surface area contributed by atoms with Gasteiger partial charge in [0.1, 0.15) is 5.52 Å². The van der Waals surface area contributed by atoms with Crippen molar-refractivity contribution in [2.45, 2.75) is 0 Å². The second-order valence-corrected chi connectivity index (χ2v) is 2.44. The molecule has 2 heterocycles. The van der Waals surface area contributed by atoms with Gasteiger partial charge in [-0.25, -0.2) is 9.97 Å². The number of hydrogen-bond donors (Lipinski definition) is 3. The van der Waals surface area contributed by atoms with E-state index in [1.165, 1.54) is 6.33 Å². The zero-order valence-corrected chi connectivity index (χ0v) is 8.86. The van der Waals surface area contributed by atoms with Crippen LogP contribution in [0, 0.1) is 4.64 Å². The van der Waals surface area contributed by atoms with E-state index in [2.05, 4.69) is 19.9 Å². The van der Waals surface area contributed by atoms with Crippen LogP contribution in [0.4, 0.5) is 5.95 Å². The van der Waals surface area contributed by atoms with Gasteiger partial charge in [0.05, 0.1) is 6.33 Å². The molecule has 0 saturated heterocycles. The van der Waals surface area contributed by atoms with Crippen molar-refractivity contribution in [3.63, 3.8) is 0 Å². The Bertz CT molecular complexity index is 446. The number of nitrogens with two attached hydrogens (primary N) is 1. The van der Waals surface area contributed by atoms with Gasteiger partial charge >= 0.3 is 0 Å². The van der Waals surface area contributed by atoms with Crippen LogP contribution in [0.5, 0.6) is 0 Å². The van der Waals surface area contributed by atoms with E-state index in [1.54, 1.807) is 0 Å². The summed E-state index contributed by atoms with van der Waals surface area (Å²) in [5.41, 5.74) is 6.75. The monoisotopic (exact) mass is 362 g/mol. The number of aromatic nitrogens is 4. The fourth-order valence-electron chi connectivity index (χ4n) is 0.867. The first-order valence-electron chi connectivity index (χ1n) is 2.96. The molecule has 0 unspecified atom stereocenters. The van der Waals surface area contributed by atoms with E-state index in [9.17, 15) is 0 Å². The summed E-state index contributed by atoms with van der Waals surface area (Å²) in [6, 6.07) is 0. The van der Waals surface area contributed by atoms with E-state index in [0.29, 0.717) is 15.8 Å². The summed E-state index contributed by atoms with van der Waals surface area (Å²) in [4.78, 5) is 13.4. The van der Waals surface area contributed by atoms with Crippen molar-refractivity contribution in [3.8, 4) is 0 Å². The average molecular weight is 362 g/mol. The summed E-state index contributed by atoms with van der Waals surface area (Å²) in [7, 11) is 0. The standard InChI is InChI=1S/C5H5N5S.Pt/c6-5-9-3-2(4(11)10-5)7-1-8-3;/h1H,(H4,6,7,8,9,10,11);. The second-order valence-electron chi connectivity index (χ2n) is 2.05. The Hall–Kier alpha value is -0.742. The number of anilines is 1. The summed E-state index contributed by atoms with van der Waals surface area (Å²) in [5.74, 6) is 0.287. The number of nitrogen functional groups attached to an aromatic ring is 1. The molecule has 0 radical (unpaired) electrons. The van der Waals surface area contributed by atoms with Gasteiger partial charge in [-0.15, -0.1) is 0 Å². The van der Waals surface area contributed by atoms with Crippen molar-refractivity contribution in [2.75, 3.05) is 5.73 Å². The molecule has 0 aliphatic carbocycles. The first-order valence-corrected chi connectivity index (χ1v) is 3.37. The predicted octanol–water partition coefficient (Wildman–Crippen LogP) is 0.595. The average Bonchev–Trinajstić information content (AvgIpc) is 2.34. The molecule has 5 nitrogen and oxygen atoms in total. The third-order valence-corrected chi connectivity index (χ3v) is 1.62. The predicted molar refractivity (Wildman–Crippen MR) is 43.5 cm³/mol. The Balaban J connectivity index is 0.000000720. The number of fused-ring (bicyclic) bond motifs is 1. The van der Waals surface area contributed by atoms with Crippen LogP contribution < -0.4 is 5.73 Å². The van der Waals surface area contributed by atoms with Crippen molar-refractivity contribution in [2.24, 2.45) is 0 Å². The van der Waals surface area contributed by atoms with Crippen molar-refractivity contribution < 1.29 is 21.1 Å². The van der Waals surface area contributed by atoms with Gasteiger partial charge in [0.25, 0.3) is 0 Å². The quantitative estimate of drug-likeness (QED) is 0.600. The topological polar surface area (TPSA) is 83.4 Å². The fourth-order valence-corrected chi connectivity index (χ4v) is 1.12. The molecule has 0 aliphatic rings. The number of nitrogens with zero attached hydrogens (tertiary/aromatic N) is 2. The van der Waals surface area contributed by atoms with Crippen LogP contribution in [0.15, 0.2) is 6.33 Å². The molecule has 0 spiro atoms. The SMILES string of the molecule is Nc1nc(=S)c2[nH]cnc2[nH]1.[Pt]. The minimum atomic E-state index is 0. The van der Waals surface area contributed by atoms with Crippen LogP contribution in [0.2, 0.25) is 0 Å². The van der Waals surface area contributed by atoms with Crippen LogP contribution in [0.3, 0.4) is 0 Å². The molecule has 0 atom stereocenters. The van der Waals surface area contributed by atoms with E-state index in [4.69, 9.17) is 18.0 Å². The van der Waals surface area contributed by atoms with Crippen LogP contribution in [-0.2, 0) is 21.1 Å². The van der Waals surface area contributed by atoms with E-state index < -0.39 is 0 Å². The Morgan fingerprint density at radius 2 is 2.25 bits per heavy atom. The molecule has 0 aromatic carbocycles. The first-order chi connectivity index (χ1) is 5.27. The molecular weight excluding hydrogens is 357 g/mol. The first kappa shape index (κ1) is 9.35. The molecule has 0 amide bonds. The van der Waals surface area contributed by atoms with Crippen molar-refractivity contribution in [1.29, 1.82) is 0 Å².